The number of aliphatic hydroxyl groups excluding tert-OH is 4. The van der Waals surface area contributed by atoms with Gasteiger partial charge in [-0.15, -0.1) is 0 Å². The van der Waals surface area contributed by atoms with Crippen molar-refractivity contribution in [1.29, 1.82) is 0 Å². The largest absolute Gasteiger partial charge is 0.465 e. The molecule has 1 saturated heterocycles. The van der Waals surface area contributed by atoms with Crippen LogP contribution in [0.5, 0.6) is 0 Å². The molecule has 6 heteroatoms. The smallest absolute Gasteiger partial charge is 0.309 e. The maximum absolute atomic E-state index is 13.0. The Labute approximate surface area is 199 Å². The summed E-state index contributed by atoms with van der Waals surface area (Å²) in [6.45, 7) is 11.1. The molecule has 4 N–H and O–H groups in total. The van der Waals surface area contributed by atoms with Crippen LogP contribution in [0.3, 0.4) is 0 Å². The third-order valence-corrected chi connectivity index (χ3v) is 10.7. The second-order valence-electron chi connectivity index (χ2n) is 12.9. The maximum atomic E-state index is 13.0. The van der Waals surface area contributed by atoms with Crippen LogP contribution in [0.25, 0.3) is 0 Å². The summed E-state index contributed by atoms with van der Waals surface area (Å²) in [5.74, 6) is 0.998. The summed E-state index contributed by atoms with van der Waals surface area (Å²) in [6, 6.07) is 0. The van der Waals surface area contributed by atoms with Crippen molar-refractivity contribution < 1.29 is 30.0 Å². The summed E-state index contributed by atoms with van der Waals surface area (Å²) in [7, 11) is 0. The normalized spacial score (nSPS) is 48.2. The molecular formula is C27H46O6. The van der Waals surface area contributed by atoms with Crippen LogP contribution in [-0.2, 0) is 9.53 Å². The van der Waals surface area contributed by atoms with Gasteiger partial charge in [0.2, 0.25) is 0 Å². The van der Waals surface area contributed by atoms with Crippen LogP contribution in [0.2, 0.25) is 0 Å². The Balaban J connectivity index is 1.57. The van der Waals surface area contributed by atoms with E-state index in [1.54, 1.807) is 0 Å². The Kier molecular flexibility index (Phi) is 6.98. The van der Waals surface area contributed by atoms with Crippen LogP contribution in [0.1, 0.15) is 79.6 Å². The molecule has 0 aromatic carbocycles. The first-order valence-corrected chi connectivity index (χ1v) is 13.3. The molecule has 0 aromatic heterocycles. The highest BCUT2D eigenvalue weighted by atomic mass is 16.5. The number of hydrogen-bond donors (Lipinski definition) is 4. The summed E-state index contributed by atoms with van der Waals surface area (Å²) in [5.41, 5.74) is -0.330. The second kappa shape index (κ2) is 9.07. The van der Waals surface area contributed by atoms with Gasteiger partial charge in [0.05, 0.1) is 36.9 Å². The lowest BCUT2D eigenvalue weighted by atomic mass is 9.48. The molecule has 0 aromatic rings. The summed E-state index contributed by atoms with van der Waals surface area (Å²) in [5, 5.41) is 42.4. The van der Waals surface area contributed by atoms with E-state index in [0.717, 1.165) is 25.7 Å². The second-order valence-corrected chi connectivity index (χ2v) is 12.9. The van der Waals surface area contributed by atoms with E-state index in [9.17, 15) is 25.2 Å². The van der Waals surface area contributed by atoms with Crippen LogP contribution >= 0.6 is 0 Å². The molecule has 1 aliphatic heterocycles. The molecule has 0 spiro atoms. The minimum Gasteiger partial charge on any atom is -0.465 e. The van der Waals surface area contributed by atoms with Gasteiger partial charge in [-0.05, 0) is 91.3 Å². The van der Waals surface area contributed by atoms with Crippen molar-refractivity contribution in [3.05, 3.63) is 0 Å². The van der Waals surface area contributed by atoms with Crippen LogP contribution in [0.4, 0.5) is 0 Å². The number of carbonyl (C=O) groups is 1. The van der Waals surface area contributed by atoms with Crippen molar-refractivity contribution in [3.63, 3.8) is 0 Å². The lowest BCUT2D eigenvalue weighted by Gasteiger charge is -2.56. The van der Waals surface area contributed by atoms with Crippen LogP contribution < -0.4 is 0 Å². The molecule has 3 saturated carbocycles. The van der Waals surface area contributed by atoms with E-state index in [1.807, 2.05) is 0 Å². The van der Waals surface area contributed by atoms with E-state index in [-0.39, 0.29) is 46.9 Å². The standard InChI is InChI=1S/C27H46O6/c1-14(2)10-22(29)24(31)15(3)17-6-7-18-16-13-33-25(32)20-11-21(28)23(30)12-27(20,5)19(16)8-9-26(17,18)4/h14-24,28-31H,6-13H2,1-5H3/t15-,16-,17+,18-,19?,20+,21-,22+,23+,24+,26+,27+/m0/s1. The fourth-order valence-electron chi connectivity index (χ4n) is 8.90. The molecule has 6 nitrogen and oxygen atoms in total. The van der Waals surface area contributed by atoms with E-state index in [2.05, 4.69) is 34.6 Å². The molecule has 4 rings (SSSR count). The zero-order valence-corrected chi connectivity index (χ0v) is 21.1. The molecule has 0 amide bonds. The Morgan fingerprint density at radius 1 is 1.00 bits per heavy atom. The monoisotopic (exact) mass is 466 g/mol. The van der Waals surface area contributed by atoms with Gasteiger partial charge < -0.3 is 25.2 Å². The first kappa shape index (κ1) is 25.4. The van der Waals surface area contributed by atoms with E-state index < -0.39 is 24.4 Å². The van der Waals surface area contributed by atoms with Crippen molar-refractivity contribution in [2.45, 2.75) is 104 Å². The first-order chi connectivity index (χ1) is 15.4. The van der Waals surface area contributed by atoms with E-state index >= 15 is 0 Å². The molecule has 1 unspecified atom stereocenters. The van der Waals surface area contributed by atoms with Crippen molar-refractivity contribution in [2.75, 3.05) is 6.61 Å². The van der Waals surface area contributed by atoms with Crippen molar-refractivity contribution >= 4 is 5.97 Å². The van der Waals surface area contributed by atoms with Gasteiger partial charge in [0, 0.05) is 0 Å². The number of esters is 1. The van der Waals surface area contributed by atoms with E-state index in [0.29, 0.717) is 37.2 Å². The highest BCUT2D eigenvalue weighted by Crippen LogP contribution is 2.66. The molecule has 4 aliphatic rings. The van der Waals surface area contributed by atoms with E-state index in [4.69, 9.17) is 4.74 Å². The molecule has 4 fully saturated rings. The average molecular weight is 467 g/mol. The number of hydrogen-bond acceptors (Lipinski definition) is 6. The summed E-state index contributed by atoms with van der Waals surface area (Å²) in [6.07, 6.45) is 2.30. The number of carbonyl (C=O) groups excluding carboxylic acids is 1. The number of aliphatic hydroxyl groups is 4. The zero-order chi connectivity index (χ0) is 24.3. The van der Waals surface area contributed by atoms with E-state index in [1.165, 1.54) is 0 Å². The van der Waals surface area contributed by atoms with Gasteiger partial charge in [0.25, 0.3) is 0 Å². The molecule has 190 valence electrons. The topological polar surface area (TPSA) is 107 Å². The molecular weight excluding hydrogens is 420 g/mol. The first-order valence-electron chi connectivity index (χ1n) is 13.3. The minimum absolute atomic E-state index is 0.00798. The Hall–Kier alpha value is -0.690. The van der Waals surface area contributed by atoms with Crippen molar-refractivity contribution in [1.82, 2.24) is 0 Å². The highest BCUT2D eigenvalue weighted by molar-refractivity contribution is 5.74. The van der Waals surface area contributed by atoms with Crippen molar-refractivity contribution in [3.8, 4) is 0 Å². The third-order valence-electron chi connectivity index (χ3n) is 10.7. The Bertz CT molecular complexity index is 725. The summed E-state index contributed by atoms with van der Waals surface area (Å²) < 4.78 is 5.85. The van der Waals surface area contributed by atoms with Gasteiger partial charge in [-0.3, -0.25) is 4.79 Å². The molecule has 33 heavy (non-hydrogen) atoms. The van der Waals surface area contributed by atoms with Crippen molar-refractivity contribution in [2.24, 2.45) is 52.3 Å². The predicted molar refractivity (Wildman–Crippen MR) is 125 cm³/mol. The fourth-order valence-corrected chi connectivity index (χ4v) is 8.90. The summed E-state index contributed by atoms with van der Waals surface area (Å²) in [4.78, 5) is 13.0. The molecule has 12 atom stereocenters. The molecule has 1 heterocycles. The lowest BCUT2D eigenvalue weighted by molar-refractivity contribution is -0.162. The van der Waals surface area contributed by atoms with Gasteiger partial charge >= 0.3 is 5.97 Å². The number of ether oxygens (including phenoxy) is 1. The molecule has 3 aliphatic carbocycles. The number of rotatable bonds is 5. The molecule has 0 radical (unpaired) electrons. The lowest BCUT2D eigenvalue weighted by Crippen LogP contribution is -2.55. The quantitative estimate of drug-likeness (QED) is 0.464. The number of fused-ring (bicyclic) bond motifs is 5. The van der Waals surface area contributed by atoms with Gasteiger partial charge in [0.15, 0.2) is 0 Å². The van der Waals surface area contributed by atoms with Gasteiger partial charge in [-0.1, -0.05) is 34.6 Å². The van der Waals surface area contributed by atoms with Gasteiger partial charge in [-0.25, -0.2) is 0 Å². The predicted octanol–water partition coefficient (Wildman–Crippen LogP) is 3.14. The maximum Gasteiger partial charge on any atom is 0.309 e. The molecule has 0 bridgehead atoms. The average Bonchev–Trinajstić information content (AvgIpc) is 3.05. The fraction of sp³-hybridized carbons (Fsp3) is 0.963. The summed E-state index contributed by atoms with van der Waals surface area (Å²) >= 11 is 0. The van der Waals surface area contributed by atoms with Crippen LogP contribution in [0.15, 0.2) is 0 Å². The van der Waals surface area contributed by atoms with Gasteiger partial charge in [-0.2, -0.15) is 0 Å². The SMILES string of the molecule is CC(C)C[C@@H](O)[C@H](O)[C@@H](C)[C@H]1CC[C@H]2[C@@H]3COC(=O)[C@H]4C[C@H](O)[C@H](O)C[C@]4(C)C3CC[C@]12C. The highest BCUT2D eigenvalue weighted by Gasteiger charge is 2.63. The van der Waals surface area contributed by atoms with Crippen LogP contribution in [-0.4, -0.2) is 57.4 Å². The van der Waals surface area contributed by atoms with Gasteiger partial charge in [0.1, 0.15) is 0 Å². The number of cyclic esters (lactones) is 1. The Morgan fingerprint density at radius 2 is 1.67 bits per heavy atom. The minimum atomic E-state index is -0.864. The zero-order valence-electron chi connectivity index (χ0n) is 21.1. The third kappa shape index (κ3) is 4.17. The van der Waals surface area contributed by atoms with Crippen LogP contribution in [0, 0.1) is 52.3 Å². The Morgan fingerprint density at radius 3 is 2.33 bits per heavy atom.